The highest BCUT2D eigenvalue weighted by atomic mass is 19.1. The van der Waals surface area contributed by atoms with Crippen LogP contribution in [0.25, 0.3) is 0 Å². The lowest BCUT2D eigenvalue weighted by Gasteiger charge is -2.29. The molecule has 0 aliphatic heterocycles. The Balaban J connectivity index is 1.86. The summed E-state index contributed by atoms with van der Waals surface area (Å²) in [6.07, 6.45) is 4.71. The Morgan fingerprint density at radius 3 is 2.88 bits per heavy atom. The first-order valence-corrected chi connectivity index (χ1v) is 5.99. The minimum absolute atomic E-state index is 0.174. The van der Waals surface area contributed by atoms with E-state index >= 15 is 0 Å². The van der Waals surface area contributed by atoms with E-state index in [4.69, 9.17) is 5.73 Å². The van der Waals surface area contributed by atoms with Crippen LogP contribution in [-0.2, 0) is 6.54 Å². The minimum Gasteiger partial charge on any atom is -0.326 e. The molecule has 0 amide bonds. The van der Waals surface area contributed by atoms with Crippen molar-refractivity contribution >= 4 is 0 Å². The summed E-state index contributed by atoms with van der Waals surface area (Å²) in [6, 6.07) is 7.36. The predicted octanol–water partition coefficient (Wildman–Crippen LogP) is 2.19. The predicted molar refractivity (Wildman–Crippen MR) is 63.5 cm³/mol. The van der Waals surface area contributed by atoms with Crippen LogP contribution in [0.3, 0.4) is 0 Å². The van der Waals surface area contributed by atoms with Crippen LogP contribution < -0.4 is 11.1 Å². The Morgan fingerprint density at radius 1 is 1.31 bits per heavy atom. The lowest BCUT2D eigenvalue weighted by Crippen LogP contribution is -2.46. The van der Waals surface area contributed by atoms with E-state index in [0.29, 0.717) is 12.6 Å². The third-order valence-corrected chi connectivity index (χ3v) is 3.28. The molecule has 1 aromatic carbocycles. The Morgan fingerprint density at radius 2 is 2.12 bits per heavy atom. The first-order chi connectivity index (χ1) is 7.75. The van der Waals surface area contributed by atoms with Gasteiger partial charge < -0.3 is 11.1 Å². The molecule has 88 valence electrons. The van der Waals surface area contributed by atoms with E-state index < -0.39 is 0 Å². The maximum absolute atomic E-state index is 13.0. The fraction of sp³-hybridized carbons (Fsp3) is 0.538. The first kappa shape index (κ1) is 11.6. The van der Waals surface area contributed by atoms with Crippen molar-refractivity contribution in [1.82, 2.24) is 5.32 Å². The molecule has 0 radical (unpaired) electrons. The lowest BCUT2D eigenvalue weighted by atomic mass is 9.91. The van der Waals surface area contributed by atoms with Gasteiger partial charge in [0.1, 0.15) is 5.82 Å². The molecule has 3 N–H and O–H groups in total. The van der Waals surface area contributed by atoms with Gasteiger partial charge in [0.25, 0.3) is 0 Å². The molecular weight excluding hydrogens is 203 g/mol. The smallest absolute Gasteiger partial charge is 0.123 e. The van der Waals surface area contributed by atoms with E-state index in [-0.39, 0.29) is 11.9 Å². The van der Waals surface area contributed by atoms with Crippen molar-refractivity contribution in [3.8, 4) is 0 Å². The average molecular weight is 222 g/mol. The van der Waals surface area contributed by atoms with Gasteiger partial charge in [-0.1, -0.05) is 25.0 Å². The number of nitrogens with two attached hydrogens (primary N) is 1. The van der Waals surface area contributed by atoms with Crippen LogP contribution in [0.4, 0.5) is 4.39 Å². The summed E-state index contributed by atoms with van der Waals surface area (Å²) in [5.74, 6) is -0.174. The van der Waals surface area contributed by atoms with Crippen LogP contribution in [0.1, 0.15) is 31.2 Å². The summed E-state index contributed by atoms with van der Waals surface area (Å²) in [6.45, 7) is 0.704. The zero-order chi connectivity index (χ0) is 11.4. The van der Waals surface area contributed by atoms with Crippen molar-refractivity contribution in [2.75, 3.05) is 0 Å². The van der Waals surface area contributed by atoms with Crippen LogP contribution in [0, 0.1) is 5.82 Å². The third-order valence-electron chi connectivity index (χ3n) is 3.28. The summed E-state index contributed by atoms with van der Waals surface area (Å²) in [7, 11) is 0. The largest absolute Gasteiger partial charge is 0.326 e. The summed E-state index contributed by atoms with van der Waals surface area (Å²) in [5, 5.41) is 3.42. The molecule has 2 rings (SSSR count). The molecule has 0 saturated heterocycles. The van der Waals surface area contributed by atoms with E-state index in [9.17, 15) is 4.39 Å². The fourth-order valence-corrected chi connectivity index (χ4v) is 2.31. The van der Waals surface area contributed by atoms with E-state index in [1.165, 1.54) is 18.9 Å². The van der Waals surface area contributed by atoms with Crippen molar-refractivity contribution in [3.63, 3.8) is 0 Å². The normalized spacial score (nSPS) is 25.6. The Labute approximate surface area is 96.0 Å². The Hall–Kier alpha value is -0.930. The second-order valence-electron chi connectivity index (χ2n) is 4.57. The van der Waals surface area contributed by atoms with Gasteiger partial charge in [-0.15, -0.1) is 0 Å². The Kier molecular flexibility index (Phi) is 3.91. The molecule has 0 aromatic heterocycles. The highest BCUT2D eigenvalue weighted by Gasteiger charge is 2.20. The third kappa shape index (κ3) is 3.03. The molecule has 2 atom stereocenters. The first-order valence-electron chi connectivity index (χ1n) is 5.99. The molecule has 1 saturated carbocycles. The van der Waals surface area contributed by atoms with Gasteiger partial charge in [0.15, 0.2) is 0 Å². The van der Waals surface area contributed by atoms with Gasteiger partial charge in [0.05, 0.1) is 0 Å². The van der Waals surface area contributed by atoms with Gasteiger partial charge in [-0.3, -0.25) is 0 Å². The van der Waals surface area contributed by atoms with Crippen LogP contribution in [0.2, 0.25) is 0 Å². The van der Waals surface area contributed by atoms with Crippen molar-refractivity contribution in [2.24, 2.45) is 5.73 Å². The number of benzene rings is 1. The maximum Gasteiger partial charge on any atom is 0.123 e. The van der Waals surface area contributed by atoms with Crippen LogP contribution in [0.15, 0.2) is 24.3 Å². The van der Waals surface area contributed by atoms with Gasteiger partial charge in [0.2, 0.25) is 0 Å². The molecular formula is C13H19FN2. The molecule has 1 fully saturated rings. The van der Waals surface area contributed by atoms with Crippen molar-refractivity contribution < 1.29 is 4.39 Å². The van der Waals surface area contributed by atoms with Gasteiger partial charge in [-0.05, 0) is 30.5 Å². The molecule has 1 aromatic rings. The zero-order valence-electron chi connectivity index (χ0n) is 9.45. The SMILES string of the molecule is N[C@H]1CCCC[C@H]1NCc1cccc(F)c1. The van der Waals surface area contributed by atoms with E-state index in [1.54, 1.807) is 12.1 Å². The van der Waals surface area contributed by atoms with Gasteiger partial charge in [-0.25, -0.2) is 4.39 Å². The van der Waals surface area contributed by atoms with Gasteiger partial charge in [-0.2, -0.15) is 0 Å². The molecule has 0 bridgehead atoms. The number of hydrogen-bond donors (Lipinski definition) is 2. The van der Waals surface area contributed by atoms with E-state index in [0.717, 1.165) is 18.4 Å². The second kappa shape index (κ2) is 5.41. The van der Waals surface area contributed by atoms with E-state index in [2.05, 4.69) is 5.32 Å². The van der Waals surface area contributed by atoms with Crippen LogP contribution in [0.5, 0.6) is 0 Å². The highest BCUT2D eigenvalue weighted by Crippen LogP contribution is 2.17. The molecule has 0 heterocycles. The summed E-state index contributed by atoms with van der Waals surface area (Å²) < 4.78 is 13.0. The molecule has 3 heteroatoms. The zero-order valence-corrected chi connectivity index (χ0v) is 9.45. The molecule has 16 heavy (non-hydrogen) atoms. The topological polar surface area (TPSA) is 38.0 Å². The van der Waals surface area contributed by atoms with Crippen molar-refractivity contribution in [1.29, 1.82) is 0 Å². The number of halogens is 1. The summed E-state index contributed by atoms with van der Waals surface area (Å²) >= 11 is 0. The van der Waals surface area contributed by atoms with Gasteiger partial charge >= 0.3 is 0 Å². The summed E-state index contributed by atoms with van der Waals surface area (Å²) in [4.78, 5) is 0. The highest BCUT2D eigenvalue weighted by molar-refractivity contribution is 5.16. The number of hydrogen-bond acceptors (Lipinski definition) is 2. The van der Waals surface area contributed by atoms with Crippen molar-refractivity contribution in [3.05, 3.63) is 35.6 Å². The van der Waals surface area contributed by atoms with Crippen LogP contribution >= 0.6 is 0 Å². The fourth-order valence-electron chi connectivity index (χ4n) is 2.31. The standard InChI is InChI=1S/C13H19FN2/c14-11-5-3-4-10(8-11)9-16-13-7-2-1-6-12(13)15/h3-5,8,12-13,16H,1-2,6-7,9,15H2/t12-,13+/m0/s1. The van der Waals surface area contributed by atoms with Gasteiger partial charge in [0, 0.05) is 18.6 Å². The molecule has 1 aliphatic carbocycles. The molecule has 2 nitrogen and oxygen atoms in total. The maximum atomic E-state index is 13.0. The Bertz CT molecular complexity index is 340. The number of nitrogens with one attached hydrogen (secondary N) is 1. The quantitative estimate of drug-likeness (QED) is 0.822. The van der Waals surface area contributed by atoms with Crippen LogP contribution in [-0.4, -0.2) is 12.1 Å². The monoisotopic (exact) mass is 222 g/mol. The second-order valence-corrected chi connectivity index (χ2v) is 4.57. The molecule has 0 spiro atoms. The van der Waals surface area contributed by atoms with E-state index in [1.807, 2.05) is 6.07 Å². The molecule has 1 aliphatic rings. The lowest BCUT2D eigenvalue weighted by molar-refractivity contribution is 0.326. The average Bonchev–Trinajstić information content (AvgIpc) is 2.28. The van der Waals surface area contributed by atoms with Crippen molar-refractivity contribution in [2.45, 2.75) is 44.3 Å². The summed E-state index contributed by atoms with van der Waals surface area (Å²) in [5.41, 5.74) is 7.02. The molecule has 0 unspecified atom stereocenters. The minimum atomic E-state index is -0.174. The number of rotatable bonds is 3.